The molecule has 0 aromatic heterocycles. The monoisotopic (exact) mass is 249 g/mol. The van der Waals surface area contributed by atoms with E-state index in [4.69, 9.17) is 10.5 Å². The molecule has 1 aliphatic rings. The highest BCUT2D eigenvalue weighted by Crippen LogP contribution is 2.47. The number of phenolic OH excluding ortho intramolecular Hbond substituents is 1. The Balaban J connectivity index is 2.58. The van der Waals surface area contributed by atoms with Crippen LogP contribution in [0.5, 0.6) is 11.5 Å². The second kappa shape index (κ2) is 4.16. The van der Waals surface area contributed by atoms with E-state index in [1.54, 1.807) is 13.2 Å². The Morgan fingerprint density at radius 2 is 1.89 bits per heavy atom. The van der Waals surface area contributed by atoms with Crippen LogP contribution in [-0.4, -0.2) is 12.2 Å². The molecule has 0 heterocycles. The Labute approximate surface area is 109 Å². The van der Waals surface area contributed by atoms with Crippen molar-refractivity contribution in [2.45, 2.75) is 51.0 Å². The highest BCUT2D eigenvalue weighted by molar-refractivity contribution is 5.53. The molecule has 0 spiro atoms. The number of nitrogens with two attached hydrogens (primary N) is 1. The molecule has 1 aromatic carbocycles. The van der Waals surface area contributed by atoms with Gasteiger partial charge in [-0.3, -0.25) is 0 Å². The lowest BCUT2D eigenvalue weighted by Gasteiger charge is -2.40. The van der Waals surface area contributed by atoms with Crippen molar-refractivity contribution in [1.29, 1.82) is 0 Å². The van der Waals surface area contributed by atoms with Crippen molar-refractivity contribution in [3.63, 3.8) is 0 Å². The third kappa shape index (κ3) is 2.07. The molecule has 18 heavy (non-hydrogen) atoms. The molecule has 0 amide bonds. The van der Waals surface area contributed by atoms with Crippen LogP contribution in [0.1, 0.15) is 51.2 Å². The predicted octanol–water partition coefficient (Wildman–Crippen LogP) is 3.04. The summed E-state index contributed by atoms with van der Waals surface area (Å²) in [5, 5.41) is 10.1. The van der Waals surface area contributed by atoms with Gasteiger partial charge in [-0.05, 0) is 42.4 Å². The van der Waals surface area contributed by atoms with Crippen molar-refractivity contribution >= 4 is 0 Å². The second-order valence-corrected chi connectivity index (χ2v) is 6.34. The maximum Gasteiger partial charge on any atom is 0.165 e. The molecule has 100 valence electrons. The fourth-order valence-electron chi connectivity index (χ4n) is 2.46. The molecule has 0 saturated heterocycles. The van der Waals surface area contributed by atoms with Gasteiger partial charge in [0.1, 0.15) is 0 Å². The number of aromatic hydroxyl groups is 1. The molecule has 1 aliphatic carbocycles. The summed E-state index contributed by atoms with van der Waals surface area (Å²) >= 11 is 0. The van der Waals surface area contributed by atoms with E-state index in [1.165, 1.54) is 0 Å². The Kier molecular flexibility index (Phi) is 3.06. The number of hydrogen-bond donors (Lipinski definition) is 2. The summed E-state index contributed by atoms with van der Waals surface area (Å²) in [5.41, 5.74) is 8.08. The quantitative estimate of drug-likeness (QED) is 0.847. The van der Waals surface area contributed by atoms with Crippen LogP contribution in [0.3, 0.4) is 0 Å². The molecule has 3 N–H and O–H groups in total. The van der Waals surface area contributed by atoms with Gasteiger partial charge in [-0.2, -0.15) is 0 Å². The molecular weight excluding hydrogens is 226 g/mol. The smallest absolute Gasteiger partial charge is 0.165 e. The predicted molar refractivity (Wildman–Crippen MR) is 73.1 cm³/mol. The summed E-state index contributed by atoms with van der Waals surface area (Å²) in [6.07, 6.45) is 3.05. The van der Waals surface area contributed by atoms with Gasteiger partial charge >= 0.3 is 0 Å². The van der Waals surface area contributed by atoms with Crippen LogP contribution in [0, 0.1) is 0 Å². The standard InChI is InChI=1S/C15H23NO2/c1-14(2,3)10-8-11(15(16)6-5-7-15)13(18-4)12(17)9-10/h8-9,17H,5-7,16H2,1-4H3. The van der Waals surface area contributed by atoms with Gasteiger partial charge in [-0.1, -0.05) is 20.8 Å². The average molecular weight is 249 g/mol. The van der Waals surface area contributed by atoms with Crippen molar-refractivity contribution in [2.24, 2.45) is 5.73 Å². The molecule has 0 atom stereocenters. The SMILES string of the molecule is COc1c(O)cc(C(C)(C)C)cc1C1(N)CCC1. The van der Waals surface area contributed by atoms with Crippen molar-refractivity contribution < 1.29 is 9.84 Å². The molecule has 3 nitrogen and oxygen atoms in total. The zero-order chi connectivity index (χ0) is 13.6. The van der Waals surface area contributed by atoms with Gasteiger partial charge in [0.25, 0.3) is 0 Å². The van der Waals surface area contributed by atoms with E-state index in [2.05, 4.69) is 26.8 Å². The summed E-state index contributed by atoms with van der Waals surface area (Å²) in [7, 11) is 1.58. The maximum absolute atomic E-state index is 10.1. The summed E-state index contributed by atoms with van der Waals surface area (Å²) in [6, 6.07) is 3.88. The lowest BCUT2D eigenvalue weighted by Crippen LogP contribution is -2.43. The number of rotatable bonds is 2. The largest absolute Gasteiger partial charge is 0.504 e. The van der Waals surface area contributed by atoms with Crippen LogP contribution in [0.2, 0.25) is 0 Å². The highest BCUT2D eigenvalue weighted by atomic mass is 16.5. The molecule has 0 unspecified atom stereocenters. The zero-order valence-electron chi connectivity index (χ0n) is 11.7. The van der Waals surface area contributed by atoms with Crippen LogP contribution in [0.25, 0.3) is 0 Å². The molecular formula is C15H23NO2. The van der Waals surface area contributed by atoms with Gasteiger partial charge in [0.05, 0.1) is 7.11 Å². The Morgan fingerprint density at radius 1 is 1.28 bits per heavy atom. The summed E-state index contributed by atoms with van der Waals surface area (Å²) in [6.45, 7) is 6.38. The first kappa shape index (κ1) is 13.2. The van der Waals surface area contributed by atoms with Gasteiger partial charge in [0.15, 0.2) is 11.5 Å². The molecule has 1 fully saturated rings. The van der Waals surface area contributed by atoms with Crippen molar-refractivity contribution in [3.05, 3.63) is 23.3 Å². The zero-order valence-corrected chi connectivity index (χ0v) is 11.7. The first-order valence-corrected chi connectivity index (χ1v) is 6.49. The summed E-state index contributed by atoms with van der Waals surface area (Å²) < 4.78 is 5.34. The van der Waals surface area contributed by atoms with Crippen LogP contribution in [0.15, 0.2) is 12.1 Å². The third-order valence-corrected chi connectivity index (χ3v) is 3.92. The molecule has 2 rings (SSSR count). The van der Waals surface area contributed by atoms with Gasteiger partial charge in [-0.15, -0.1) is 0 Å². The van der Waals surface area contributed by atoms with E-state index in [0.29, 0.717) is 5.75 Å². The fraction of sp³-hybridized carbons (Fsp3) is 0.600. The van der Waals surface area contributed by atoms with Crippen LogP contribution >= 0.6 is 0 Å². The molecule has 0 bridgehead atoms. The molecule has 0 radical (unpaired) electrons. The van der Waals surface area contributed by atoms with E-state index in [9.17, 15) is 5.11 Å². The first-order chi connectivity index (χ1) is 8.28. The minimum Gasteiger partial charge on any atom is -0.504 e. The van der Waals surface area contributed by atoms with Crippen molar-refractivity contribution in [2.75, 3.05) is 7.11 Å². The number of hydrogen-bond acceptors (Lipinski definition) is 3. The Bertz CT molecular complexity index is 456. The number of methoxy groups -OCH3 is 1. The number of phenols is 1. The van der Waals surface area contributed by atoms with E-state index >= 15 is 0 Å². The molecule has 0 aliphatic heterocycles. The lowest BCUT2D eigenvalue weighted by molar-refractivity contribution is 0.240. The maximum atomic E-state index is 10.1. The minimum atomic E-state index is -0.329. The third-order valence-electron chi connectivity index (χ3n) is 3.92. The van der Waals surface area contributed by atoms with Gasteiger partial charge in [0, 0.05) is 11.1 Å². The van der Waals surface area contributed by atoms with E-state index in [0.717, 1.165) is 30.4 Å². The Morgan fingerprint density at radius 3 is 2.28 bits per heavy atom. The van der Waals surface area contributed by atoms with E-state index in [-0.39, 0.29) is 16.7 Å². The van der Waals surface area contributed by atoms with E-state index < -0.39 is 0 Å². The normalized spacial score (nSPS) is 18.3. The number of benzene rings is 1. The second-order valence-electron chi connectivity index (χ2n) is 6.34. The summed E-state index contributed by atoms with van der Waals surface area (Å²) in [5.74, 6) is 0.724. The molecule has 1 saturated carbocycles. The van der Waals surface area contributed by atoms with Crippen LogP contribution in [-0.2, 0) is 11.0 Å². The van der Waals surface area contributed by atoms with Crippen LogP contribution < -0.4 is 10.5 Å². The topological polar surface area (TPSA) is 55.5 Å². The Hall–Kier alpha value is -1.22. The van der Waals surface area contributed by atoms with Crippen LogP contribution in [0.4, 0.5) is 0 Å². The van der Waals surface area contributed by atoms with E-state index in [1.807, 2.05) is 0 Å². The summed E-state index contributed by atoms with van der Waals surface area (Å²) in [4.78, 5) is 0. The lowest BCUT2D eigenvalue weighted by atomic mass is 9.71. The highest BCUT2D eigenvalue weighted by Gasteiger charge is 2.38. The molecule has 3 heteroatoms. The average Bonchev–Trinajstić information content (AvgIpc) is 2.23. The first-order valence-electron chi connectivity index (χ1n) is 6.49. The minimum absolute atomic E-state index is 0.0153. The molecule has 1 aromatic rings. The number of ether oxygens (including phenoxy) is 1. The van der Waals surface area contributed by atoms with Gasteiger partial charge < -0.3 is 15.6 Å². The van der Waals surface area contributed by atoms with Gasteiger partial charge in [0.2, 0.25) is 0 Å². The van der Waals surface area contributed by atoms with Crippen molar-refractivity contribution in [1.82, 2.24) is 0 Å². The fourth-order valence-corrected chi connectivity index (χ4v) is 2.46. The van der Waals surface area contributed by atoms with Gasteiger partial charge in [-0.25, -0.2) is 0 Å². The van der Waals surface area contributed by atoms with Crippen molar-refractivity contribution in [3.8, 4) is 11.5 Å².